The number of fused-ring (bicyclic) bond motifs is 1. The minimum atomic E-state index is -3.93. The minimum Gasteiger partial charge on any atom is -0.488 e. The van der Waals surface area contributed by atoms with Gasteiger partial charge in [0.25, 0.3) is 5.91 Å². The van der Waals surface area contributed by atoms with E-state index in [-0.39, 0.29) is 59.6 Å². The summed E-state index contributed by atoms with van der Waals surface area (Å²) in [4.78, 5) is 28.0. The summed E-state index contributed by atoms with van der Waals surface area (Å²) in [6.07, 6.45) is 4.21. The van der Waals surface area contributed by atoms with Gasteiger partial charge in [-0.1, -0.05) is 26.2 Å². The molecule has 2 amide bonds. The number of sulfonamides is 1. The monoisotopic (exact) mass is 575 g/mol. The van der Waals surface area contributed by atoms with E-state index in [2.05, 4.69) is 5.32 Å². The van der Waals surface area contributed by atoms with Gasteiger partial charge in [-0.05, 0) is 62.2 Å². The molecular weight excluding hydrogens is 537 g/mol. The summed E-state index contributed by atoms with van der Waals surface area (Å²) < 4.78 is 47.2. The Morgan fingerprint density at radius 1 is 1.18 bits per heavy atom. The first kappa shape index (κ1) is 30.0. The van der Waals surface area contributed by atoms with Crippen molar-refractivity contribution < 1.29 is 32.2 Å². The first-order valence-electron chi connectivity index (χ1n) is 13.8. The molecule has 1 saturated carbocycles. The highest BCUT2D eigenvalue weighted by molar-refractivity contribution is 7.89. The molecule has 0 aromatic heterocycles. The molecule has 11 heteroatoms. The topological polar surface area (TPSA) is 116 Å². The fraction of sp³-hybridized carbons (Fsp3) is 0.517. The molecule has 0 saturated heterocycles. The van der Waals surface area contributed by atoms with Gasteiger partial charge in [0.15, 0.2) is 0 Å². The van der Waals surface area contributed by atoms with Crippen LogP contribution in [-0.4, -0.2) is 73.4 Å². The number of carbonyl (C=O) groups excluding carboxylic acids is 2. The van der Waals surface area contributed by atoms with Crippen LogP contribution in [0.25, 0.3) is 0 Å². The number of aliphatic hydroxyl groups excluding tert-OH is 1. The number of nitrogens with one attached hydrogen (secondary N) is 1. The Bertz CT molecular complexity index is 1310. The van der Waals surface area contributed by atoms with Gasteiger partial charge in [0.1, 0.15) is 17.7 Å². The number of ether oxygens (including phenoxy) is 1. The summed E-state index contributed by atoms with van der Waals surface area (Å²) >= 11 is 0. The van der Waals surface area contributed by atoms with Crippen molar-refractivity contribution in [3.8, 4) is 5.75 Å². The maximum Gasteiger partial charge on any atom is 0.258 e. The van der Waals surface area contributed by atoms with E-state index in [9.17, 15) is 27.5 Å². The number of aliphatic hydroxyl groups is 1. The van der Waals surface area contributed by atoms with Crippen LogP contribution in [0.4, 0.5) is 10.1 Å². The van der Waals surface area contributed by atoms with Crippen molar-refractivity contribution in [2.45, 2.75) is 63.0 Å². The molecule has 1 aliphatic heterocycles. The largest absolute Gasteiger partial charge is 0.488 e. The van der Waals surface area contributed by atoms with Crippen molar-refractivity contribution in [2.24, 2.45) is 11.8 Å². The van der Waals surface area contributed by atoms with Gasteiger partial charge in [0.05, 0.1) is 29.7 Å². The van der Waals surface area contributed by atoms with Gasteiger partial charge in [0.2, 0.25) is 15.9 Å². The van der Waals surface area contributed by atoms with Crippen LogP contribution < -0.4 is 10.1 Å². The van der Waals surface area contributed by atoms with Gasteiger partial charge in [-0.2, -0.15) is 4.31 Å². The minimum absolute atomic E-state index is 0.0317. The predicted octanol–water partition coefficient (Wildman–Crippen LogP) is 3.89. The second-order valence-electron chi connectivity index (χ2n) is 10.9. The Morgan fingerprint density at radius 3 is 2.50 bits per heavy atom. The molecule has 218 valence electrons. The smallest absolute Gasteiger partial charge is 0.258 e. The Labute approximate surface area is 235 Å². The fourth-order valence-electron chi connectivity index (χ4n) is 5.27. The average Bonchev–Trinajstić information content (AvgIpc) is 2.95. The normalized spacial score (nSPS) is 21.2. The lowest BCUT2D eigenvalue weighted by Crippen LogP contribution is -2.50. The second-order valence-corrected chi connectivity index (χ2v) is 12.9. The molecule has 2 N–H and O–H groups in total. The van der Waals surface area contributed by atoms with Crippen molar-refractivity contribution in [3.63, 3.8) is 0 Å². The highest BCUT2D eigenvalue weighted by atomic mass is 32.2. The van der Waals surface area contributed by atoms with Gasteiger partial charge in [-0.15, -0.1) is 0 Å². The van der Waals surface area contributed by atoms with Crippen LogP contribution in [0.1, 0.15) is 56.3 Å². The lowest BCUT2D eigenvalue weighted by Gasteiger charge is -2.38. The molecule has 2 aromatic rings. The Hall–Kier alpha value is -3.02. The number of hydrogen-bond acceptors (Lipinski definition) is 6. The number of rotatable bonds is 8. The van der Waals surface area contributed by atoms with Crippen molar-refractivity contribution >= 4 is 27.5 Å². The van der Waals surface area contributed by atoms with Crippen LogP contribution in [-0.2, 0) is 14.8 Å². The van der Waals surface area contributed by atoms with Crippen molar-refractivity contribution in [1.29, 1.82) is 0 Å². The molecule has 0 unspecified atom stereocenters. The maximum atomic E-state index is 13.7. The molecule has 9 nitrogen and oxygen atoms in total. The predicted molar refractivity (Wildman–Crippen MR) is 149 cm³/mol. The van der Waals surface area contributed by atoms with Crippen LogP contribution >= 0.6 is 0 Å². The van der Waals surface area contributed by atoms with E-state index in [4.69, 9.17) is 4.74 Å². The van der Waals surface area contributed by atoms with Crippen molar-refractivity contribution in [1.82, 2.24) is 9.21 Å². The zero-order valence-electron chi connectivity index (χ0n) is 23.2. The third kappa shape index (κ3) is 6.64. The van der Waals surface area contributed by atoms with Crippen molar-refractivity contribution in [3.05, 3.63) is 53.8 Å². The lowest BCUT2D eigenvalue weighted by molar-refractivity contribution is -0.120. The SMILES string of the molecule is C[C@@H]1CN([C@@H](C)CO)C(=O)c2cc(NC(=O)C3CCCCC3)ccc2O[C@@H]1CN(C)S(=O)(=O)c1ccc(F)cc1. The number of benzene rings is 2. The third-order valence-corrected chi connectivity index (χ3v) is 9.70. The zero-order valence-corrected chi connectivity index (χ0v) is 24.0. The molecule has 1 fully saturated rings. The van der Waals surface area contributed by atoms with E-state index in [1.807, 2.05) is 6.92 Å². The number of anilines is 1. The van der Waals surface area contributed by atoms with Crippen LogP contribution in [0, 0.1) is 17.7 Å². The Morgan fingerprint density at radius 2 is 1.85 bits per heavy atom. The maximum absolute atomic E-state index is 13.7. The zero-order chi connectivity index (χ0) is 29.0. The van der Waals surface area contributed by atoms with Gasteiger partial charge in [-0.25, -0.2) is 12.8 Å². The van der Waals surface area contributed by atoms with Crippen LogP contribution in [0.2, 0.25) is 0 Å². The van der Waals surface area contributed by atoms with Gasteiger partial charge < -0.3 is 20.1 Å². The van der Waals surface area contributed by atoms with E-state index in [1.54, 1.807) is 30.0 Å². The van der Waals surface area contributed by atoms with E-state index in [0.717, 1.165) is 48.5 Å². The van der Waals surface area contributed by atoms with E-state index < -0.39 is 28.0 Å². The molecule has 1 heterocycles. The standard InChI is InChI=1S/C29H38FN3O6S/c1-19-16-33(20(2)18-34)29(36)25-15-23(31-28(35)21-7-5-4-6-8-21)11-14-26(25)39-27(19)17-32(3)40(37,38)24-12-9-22(30)10-13-24/h9-15,19-21,27,34H,4-8,16-18H2,1-3H3,(H,31,35)/t19-,20+,27-/m1/s1. The average molecular weight is 576 g/mol. The Kier molecular flexibility index (Phi) is 9.48. The number of halogens is 1. The number of carbonyl (C=O) groups is 2. The highest BCUT2D eigenvalue weighted by Gasteiger charge is 2.35. The van der Waals surface area contributed by atoms with E-state index in [0.29, 0.717) is 5.69 Å². The van der Waals surface area contributed by atoms with Crippen LogP contribution in [0.15, 0.2) is 47.4 Å². The van der Waals surface area contributed by atoms with E-state index in [1.165, 1.54) is 19.2 Å². The summed E-state index contributed by atoms with van der Waals surface area (Å²) in [6, 6.07) is 8.99. The second kappa shape index (κ2) is 12.7. The first-order chi connectivity index (χ1) is 19.0. The summed E-state index contributed by atoms with van der Waals surface area (Å²) in [6.45, 7) is 3.53. The number of hydrogen-bond donors (Lipinski definition) is 2. The number of nitrogens with zero attached hydrogens (tertiary/aromatic N) is 2. The van der Waals surface area contributed by atoms with Gasteiger partial charge >= 0.3 is 0 Å². The van der Waals surface area contributed by atoms with E-state index >= 15 is 0 Å². The molecule has 0 radical (unpaired) electrons. The summed E-state index contributed by atoms with van der Waals surface area (Å²) in [5, 5.41) is 12.8. The molecule has 0 bridgehead atoms. The quantitative estimate of drug-likeness (QED) is 0.494. The summed E-state index contributed by atoms with van der Waals surface area (Å²) in [5.41, 5.74) is 0.701. The molecule has 3 atom stereocenters. The molecule has 0 spiro atoms. The van der Waals surface area contributed by atoms with Crippen LogP contribution in [0.5, 0.6) is 5.75 Å². The fourth-order valence-corrected chi connectivity index (χ4v) is 6.45. The van der Waals surface area contributed by atoms with Gasteiger partial charge in [-0.3, -0.25) is 9.59 Å². The third-order valence-electron chi connectivity index (χ3n) is 7.87. The summed E-state index contributed by atoms with van der Waals surface area (Å²) in [5.74, 6) is -1.05. The van der Waals surface area contributed by atoms with Crippen molar-refractivity contribution in [2.75, 3.05) is 32.1 Å². The summed E-state index contributed by atoms with van der Waals surface area (Å²) in [7, 11) is -2.51. The molecule has 4 rings (SSSR count). The molecule has 2 aliphatic rings. The van der Waals surface area contributed by atoms with Crippen LogP contribution in [0.3, 0.4) is 0 Å². The number of likely N-dealkylation sites (N-methyl/N-ethyl adjacent to an activating group) is 1. The molecule has 40 heavy (non-hydrogen) atoms. The number of amides is 2. The molecule has 1 aliphatic carbocycles. The first-order valence-corrected chi connectivity index (χ1v) is 15.2. The Balaban J connectivity index is 1.62. The molecular formula is C29H38FN3O6S. The highest BCUT2D eigenvalue weighted by Crippen LogP contribution is 2.32. The van der Waals surface area contributed by atoms with Gasteiger partial charge in [0, 0.05) is 31.1 Å². The lowest BCUT2D eigenvalue weighted by atomic mass is 9.88. The molecule has 2 aromatic carbocycles.